The lowest BCUT2D eigenvalue weighted by molar-refractivity contribution is -0.144. The fourth-order valence-electron chi connectivity index (χ4n) is 2.32. The molecule has 0 aromatic heterocycles. The topological polar surface area (TPSA) is 93.7 Å². The fraction of sp³-hybridized carbons (Fsp3) is 0.250. The molecule has 2 amide bonds. The second-order valence-corrected chi connectivity index (χ2v) is 6.88. The van der Waals surface area contributed by atoms with E-state index >= 15 is 0 Å². The van der Waals surface area contributed by atoms with E-state index in [-0.39, 0.29) is 11.7 Å². The number of rotatable bonds is 8. The van der Waals surface area contributed by atoms with Crippen LogP contribution in [-0.4, -0.2) is 37.3 Å². The Labute approximate surface area is 167 Å². The van der Waals surface area contributed by atoms with Crippen LogP contribution in [0.5, 0.6) is 5.75 Å². The first kappa shape index (κ1) is 21.3. The van der Waals surface area contributed by atoms with Gasteiger partial charge in [0.15, 0.2) is 6.61 Å². The minimum atomic E-state index is -0.507. The van der Waals surface area contributed by atoms with Crippen LogP contribution in [0.15, 0.2) is 47.4 Å². The van der Waals surface area contributed by atoms with Gasteiger partial charge in [0, 0.05) is 17.5 Å². The van der Waals surface area contributed by atoms with Crippen LogP contribution in [-0.2, 0) is 19.1 Å². The molecular formula is C20H22N2O5S. The molecule has 0 atom stereocenters. The Balaban J connectivity index is 1.87. The zero-order valence-corrected chi connectivity index (χ0v) is 16.7. The number of nitrogens with one attached hydrogen (secondary N) is 2. The van der Waals surface area contributed by atoms with Gasteiger partial charge in [0.1, 0.15) is 5.75 Å². The summed E-state index contributed by atoms with van der Waals surface area (Å²) in [6, 6.07) is 12.5. The molecule has 2 rings (SSSR count). The van der Waals surface area contributed by atoms with Crippen molar-refractivity contribution in [2.75, 3.05) is 30.1 Å². The molecule has 0 aliphatic rings. The summed E-state index contributed by atoms with van der Waals surface area (Å²) >= 11 is 1.36. The van der Waals surface area contributed by atoms with E-state index in [1.54, 1.807) is 18.2 Å². The van der Waals surface area contributed by atoms with Crippen molar-refractivity contribution in [1.82, 2.24) is 0 Å². The van der Waals surface area contributed by atoms with Gasteiger partial charge in [-0.3, -0.25) is 14.4 Å². The van der Waals surface area contributed by atoms with Crippen molar-refractivity contribution >= 4 is 40.9 Å². The van der Waals surface area contributed by atoms with Gasteiger partial charge in [-0.2, -0.15) is 0 Å². The molecule has 0 saturated heterocycles. The second kappa shape index (κ2) is 10.4. The van der Waals surface area contributed by atoms with Crippen molar-refractivity contribution in [3.8, 4) is 5.75 Å². The summed E-state index contributed by atoms with van der Waals surface area (Å²) in [6.45, 7) is 2.93. The van der Waals surface area contributed by atoms with Crippen LogP contribution in [0.2, 0.25) is 0 Å². The van der Waals surface area contributed by atoms with Crippen molar-refractivity contribution < 1.29 is 23.9 Å². The van der Waals surface area contributed by atoms with Crippen molar-refractivity contribution in [2.24, 2.45) is 0 Å². The maximum atomic E-state index is 12.1. The van der Waals surface area contributed by atoms with E-state index < -0.39 is 18.5 Å². The summed E-state index contributed by atoms with van der Waals surface area (Å²) in [5.41, 5.74) is 1.95. The van der Waals surface area contributed by atoms with E-state index in [2.05, 4.69) is 10.6 Å². The van der Waals surface area contributed by atoms with E-state index in [4.69, 9.17) is 9.47 Å². The average Bonchev–Trinajstić information content (AvgIpc) is 2.65. The fourth-order valence-corrected chi connectivity index (χ4v) is 3.14. The Kier molecular flexibility index (Phi) is 7.88. The van der Waals surface area contributed by atoms with Gasteiger partial charge in [-0.25, -0.2) is 0 Å². The third kappa shape index (κ3) is 6.62. The number of anilines is 2. The van der Waals surface area contributed by atoms with Crippen LogP contribution >= 0.6 is 11.8 Å². The van der Waals surface area contributed by atoms with Crippen LogP contribution in [0, 0.1) is 6.92 Å². The molecule has 0 fully saturated rings. The summed E-state index contributed by atoms with van der Waals surface area (Å²) < 4.78 is 10.2. The number of benzene rings is 2. The van der Waals surface area contributed by atoms with Gasteiger partial charge < -0.3 is 20.1 Å². The first-order valence-corrected chi connectivity index (χ1v) is 9.47. The molecule has 148 valence electrons. The second-order valence-electron chi connectivity index (χ2n) is 5.86. The molecule has 8 heteroatoms. The third-order valence-electron chi connectivity index (χ3n) is 3.60. The summed E-state index contributed by atoms with van der Waals surface area (Å²) in [4.78, 5) is 36.2. The molecule has 0 saturated carbocycles. The van der Waals surface area contributed by atoms with Gasteiger partial charge in [-0.1, -0.05) is 18.2 Å². The Morgan fingerprint density at radius 1 is 1.07 bits per heavy atom. The van der Waals surface area contributed by atoms with E-state index in [9.17, 15) is 14.4 Å². The van der Waals surface area contributed by atoms with Crippen LogP contribution in [0.4, 0.5) is 11.4 Å². The smallest absolute Gasteiger partial charge is 0.316 e. The lowest BCUT2D eigenvalue weighted by Gasteiger charge is -2.12. The monoisotopic (exact) mass is 402 g/mol. The van der Waals surface area contributed by atoms with Gasteiger partial charge in [0.25, 0.3) is 5.91 Å². The molecule has 7 nitrogen and oxygen atoms in total. The van der Waals surface area contributed by atoms with E-state index in [0.29, 0.717) is 17.1 Å². The number of ether oxygens (including phenoxy) is 2. The summed E-state index contributed by atoms with van der Waals surface area (Å²) in [6.07, 6.45) is 0. The zero-order chi connectivity index (χ0) is 20.5. The molecule has 0 radical (unpaired) electrons. The Morgan fingerprint density at radius 3 is 2.50 bits per heavy atom. The Morgan fingerprint density at radius 2 is 1.82 bits per heavy atom. The predicted molar refractivity (Wildman–Crippen MR) is 109 cm³/mol. The lowest BCUT2D eigenvalue weighted by Crippen LogP contribution is -2.22. The molecule has 28 heavy (non-hydrogen) atoms. The predicted octanol–water partition coefficient (Wildman–Crippen LogP) is 3.24. The van der Waals surface area contributed by atoms with Gasteiger partial charge in [0.05, 0.1) is 18.6 Å². The van der Waals surface area contributed by atoms with Gasteiger partial charge in [0.2, 0.25) is 5.91 Å². The van der Waals surface area contributed by atoms with Crippen molar-refractivity contribution in [1.29, 1.82) is 0 Å². The highest BCUT2D eigenvalue weighted by Crippen LogP contribution is 2.28. The van der Waals surface area contributed by atoms with Crippen molar-refractivity contribution in [3.05, 3.63) is 48.0 Å². The molecule has 0 spiro atoms. The molecule has 0 aliphatic carbocycles. The first-order chi connectivity index (χ1) is 13.4. The van der Waals surface area contributed by atoms with Gasteiger partial charge in [-0.05, 0) is 36.8 Å². The highest BCUT2D eigenvalue weighted by molar-refractivity contribution is 8.00. The molecule has 0 heterocycles. The Bertz CT molecular complexity index is 869. The number of hydrogen-bond acceptors (Lipinski definition) is 6. The molecule has 0 aliphatic heterocycles. The Hall–Kier alpha value is -3.00. The number of hydrogen-bond donors (Lipinski definition) is 2. The SMILES string of the molecule is COc1ccc(NC(C)=O)cc1NC(=O)COC(=O)CSc1ccccc1C. The summed E-state index contributed by atoms with van der Waals surface area (Å²) in [5.74, 6) is -0.694. The normalized spacial score (nSPS) is 10.1. The summed E-state index contributed by atoms with van der Waals surface area (Å²) in [7, 11) is 1.46. The quantitative estimate of drug-likeness (QED) is 0.520. The summed E-state index contributed by atoms with van der Waals surface area (Å²) in [5, 5.41) is 5.24. The van der Waals surface area contributed by atoms with Crippen molar-refractivity contribution in [2.45, 2.75) is 18.7 Å². The number of esters is 1. The number of thioether (sulfide) groups is 1. The minimum Gasteiger partial charge on any atom is -0.495 e. The molecular weight excluding hydrogens is 380 g/mol. The average molecular weight is 402 g/mol. The highest BCUT2D eigenvalue weighted by atomic mass is 32.2. The van der Waals surface area contributed by atoms with E-state index in [1.165, 1.54) is 25.8 Å². The van der Waals surface area contributed by atoms with Crippen LogP contribution in [0.1, 0.15) is 12.5 Å². The number of carbonyl (C=O) groups is 3. The number of aryl methyl sites for hydroxylation is 1. The lowest BCUT2D eigenvalue weighted by atomic mass is 10.2. The molecule has 2 aromatic rings. The number of amides is 2. The largest absolute Gasteiger partial charge is 0.495 e. The molecule has 0 bridgehead atoms. The molecule has 2 aromatic carbocycles. The minimum absolute atomic E-state index is 0.111. The van der Waals surface area contributed by atoms with Crippen molar-refractivity contribution in [3.63, 3.8) is 0 Å². The van der Waals surface area contributed by atoms with E-state index in [1.807, 2.05) is 31.2 Å². The maximum absolute atomic E-state index is 12.1. The van der Waals surface area contributed by atoms with Gasteiger partial charge in [-0.15, -0.1) is 11.8 Å². The first-order valence-electron chi connectivity index (χ1n) is 8.48. The number of methoxy groups -OCH3 is 1. The van der Waals surface area contributed by atoms with Gasteiger partial charge >= 0.3 is 5.97 Å². The third-order valence-corrected chi connectivity index (χ3v) is 4.75. The standard InChI is InChI=1S/C20H22N2O5S/c1-13-6-4-5-7-18(13)28-12-20(25)27-11-19(24)22-16-10-15(21-14(2)23)8-9-17(16)26-3/h4-10H,11-12H2,1-3H3,(H,21,23)(H,22,24). The van der Waals surface area contributed by atoms with E-state index in [0.717, 1.165) is 10.5 Å². The zero-order valence-electron chi connectivity index (χ0n) is 15.9. The van der Waals surface area contributed by atoms with Crippen LogP contribution in [0.3, 0.4) is 0 Å². The molecule has 0 unspecified atom stereocenters. The highest BCUT2D eigenvalue weighted by Gasteiger charge is 2.12. The maximum Gasteiger partial charge on any atom is 0.316 e. The van der Waals surface area contributed by atoms with Crippen LogP contribution in [0.25, 0.3) is 0 Å². The van der Waals surface area contributed by atoms with Crippen LogP contribution < -0.4 is 15.4 Å². The molecule has 2 N–H and O–H groups in total. The number of carbonyl (C=O) groups excluding carboxylic acids is 3.